The molecule has 20 heavy (non-hydrogen) atoms. The molecule has 1 aromatic carbocycles. The van der Waals surface area contributed by atoms with E-state index >= 15 is 0 Å². The predicted molar refractivity (Wildman–Crippen MR) is 75.6 cm³/mol. The van der Waals surface area contributed by atoms with Crippen molar-refractivity contribution >= 4 is 39.5 Å². The fraction of sp³-hybridized carbons (Fsp3) is 0.333. The number of benzene rings is 1. The lowest BCUT2D eigenvalue weighted by molar-refractivity contribution is 0.0636. The molecule has 0 atom stereocenters. The second-order valence-electron chi connectivity index (χ2n) is 4.84. The van der Waals surface area contributed by atoms with Gasteiger partial charge in [0.05, 0.1) is 10.2 Å². The molecule has 0 saturated heterocycles. The summed E-state index contributed by atoms with van der Waals surface area (Å²) in [5, 5.41) is 12.9. The van der Waals surface area contributed by atoms with E-state index in [2.05, 4.69) is 21.2 Å². The highest BCUT2D eigenvalue weighted by atomic mass is 79.9. The number of anilines is 2. The van der Waals surface area contributed by atoms with Crippen molar-refractivity contribution in [1.29, 1.82) is 0 Å². The van der Waals surface area contributed by atoms with E-state index in [0.717, 1.165) is 0 Å². The second-order valence-corrected chi connectivity index (χ2v) is 5.70. The number of carbonyl (C=O) groups excluding carboxylic acids is 1. The van der Waals surface area contributed by atoms with Gasteiger partial charge in [-0.3, -0.25) is 10.6 Å². The van der Waals surface area contributed by atoms with E-state index in [1.54, 1.807) is 20.8 Å². The van der Waals surface area contributed by atoms with Gasteiger partial charge < -0.3 is 9.84 Å². The Bertz CT molecular complexity index is 543. The molecule has 8 heteroatoms. The first-order valence-corrected chi connectivity index (χ1v) is 6.37. The largest absolute Gasteiger partial charge is 0.465 e. The summed E-state index contributed by atoms with van der Waals surface area (Å²) in [6, 6.07) is 2.69. The number of rotatable bonds is 2. The summed E-state index contributed by atoms with van der Waals surface area (Å²) in [7, 11) is 0. The van der Waals surface area contributed by atoms with Crippen LogP contribution in [-0.4, -0.2) is 22.9 Å². The minimum atomic E-state index is -1.45. The van der Waals surface area contributed by atoms with Crippen molar-refractivity contribution in [2.45, 2.75) is 26.4 Å². The molecule has 0 bridgehead atoms. The molecule has 0 fully saturated rings. The molecule has 0 aliphatic heterocycles. The van der Waals surface area contributed by atoms with Gasteiger partial charge in [-0.05, 0) is 48.8 Å². The Morgan fingerprint density at radius 3 is 2.40 bits per heavy atom. The summed E-state index contributed by atoms with van der Waals surface area (Å²) in [6.45, 7) is 5.02. The number of hydrogen-bond acceptors (Lipinski definition) is 3. The maximum atomic E-state index is 13.8. The average molecular weight is 349 g/mol. The van der Waals surface area contributed by atoms with Crippen LogP contribution < -0.4 is 10.6 Å². The molecule has 6 nitrogen and oxygen atoms in total. The molecule has 3 N–H and O–H groups in total. The summed E-state index contributed by atoms with van der Waals surface area (Å²) in [4.78, 5) is 22.3. The molecule has 0 saturated carbocycles. The van der Waals surface area contributed by atoms with Crippen LogP contribution in [0.3, 0.4) is 0 Å². The van der Waals surface area contributed by atoms with E-state index < -0.39 is 23.6 Å². The van der Waals surface area contributed by atoms with Gasteiger partial charge in [-0.1, -0.05) is 0 Å². The molecule has 1 rings (SSSR count). The van der Waals surface area contributed by atoms with Gasteiger partial charge in [-0.15, -0.1) is 0 Å². The first-order valence-electron chi connectivity index (χ1n) is 5.58. The Balaban J connectivity index is 3.03. The Morgan fingerprint density at radius 2 is 1.90 bits per heavy atom. The number of amides is 2. The first kappa shape index (κ1) is 16.2. The monoisotopic (exact) mass is 348 g/mol. The van der Waals surface area contributed by atoms with Gasteiger partial charge >= 0.3 is 12.2 Å². The van der Waals surface area contributed by atoms with E-state index in [1.807, 2.05) is 5.32 Å². The van der Waals surface area contributed by atoms with E-state index in [0.29, 0.717) is 0 Å². The maximum absolute atomic E-state index is 13.8. The first-order chi connectivity index (χ1) is 9.10. The number of carbonyl (C=O) groups is 2. The van der Waals surface area contributed by atoms with Crippen LogP contribution in [0.1, 0.15) is 20.8 Å². The molecule has 0 radical (unpaired) electrons. The number of carboxylic acid groups (broad SMARTS) is 1. The van der Waals surface area contributed by atoms with Crippen molar-refractivity contribution in [3.05, 3.63) is 22.4 Å². The van der Waals surface area contributed by atoms with Gasteiger partial charge in [0, 0.05) is 0 Å². The van der Waals surface area contributed by atoms with Crippen molar-refractivity contribution < 1.29 is 23.8 Å². The zero-order valence-corrected chi connectivity index (χ0v) is 12.7. The van der Waals surface area contributed by atoms with Crippen LogP contribution in [0.15, 0.2) is 16.6 Å². The van der Waals surface area contributed by atoms with E-state index in [9.17, 15) is 14.0 Å². The number of nitrogens with one attached hydrogen (secondary N) is 2. The summed E-state index contributed by atoms with van der Waals surface area (Å²) in [6.07, 6.45) is -2.26. The van der Waals surface area contributed by atoms with Gasteiger partial charge in [0.15, 0.2) is 5.82 Å². The molecule has 0 unspecified atom stereocenters. The predicted octanol–water partition coefficient (Wildman–Crippen LogP) is 4.03. The smallest absolute Gasteiger partial charge is 0.412 e. The molecule has 0 aliphatic carbocycles. The minimum Gasteiger partial charge on any atom is -0.465 e. The summed E-state index contributed by atoms with van der Waals surface area (Å²) in [5.74, 6) is -0.832. The van der Waals surface area contributed by atoms with Crippen molar-refractivity contribution in [3.63, 3.8) is 0 Å². The van der Waals surface area contributed by atoms with Crippen molar-refractivity contribution in [1.82, 2.24) is 0 Å². The highest BCUT2D eigenvalue weighted by Gasteiger charge is 2.20. The number of hydrogen-bond donors (Lipinski definition) is 3. The third kappa shape index (κ3) is 4.69. The normalized spacial score (nSPS) is 10.8. The SMILES string of the molecule is CC(C)(C)OC(=O)Nc1ccc(Br)c(F)c1NC(=O)O. The van der Waals surface area contributed by atoms with Crippen molar-refractivity contribution in [3.8, 4) is 0 Å². The fourth-order valence-corrected chi connectivity index (χ4v) is 1.63. The Hall–Kier alpha value is -1.83. The maximum Gasteiger partial charge on any atom is 0.412 e. The van der Waals surface area contributed by atoms with E-state index in [1.165, 1.54) is 12.1 Å². The average Bonchev–Trinajstić information content (AvgIpc) is 2.25. The Labute approximate surface area is 123 Å². The van der Waals surface area contributed by atoms with Gasteiger partial charge in [-0.25, -0.2) is 14.0 Å². The lowest BCUT2D eigenvalue weighted by atomic mass is 10.2. The van der Waals surface area contributed by atoms with Crippen LogP contribution in [0.5, 0.6) is 0 Å². The standard InChI is InChI=1S/C12H14BrFN2O4/c1-12(2,3)20-11(19)15-7-5-4-6(13)8(14)9(7)16-10(17)18/h4-5,16H,1-3H3,(H,15,19)(H,17,18). The van der Waals surface area contributed by atoms with Crippen LogP contribution in [0.4, 0.5) is 25.4 Å². The molecular formula is C12H14BrFN2O4. The quantitative estimate of drug-likeness (QED) is 0.752. The Kier molecular flexibility index (Phi) is 4.93. The summed E-state index contributed by atoms with van der Waals surface area (Å²) < 4.78 is 18.9. The minimum absolute atomic E-state index is 0.0395. The molecule has 0 heterocycles. The molecule has 2 amide bonds. The molecule has 0 aromatic heterocycles. The molecular weight excluding hydrogens is 335 g/mol. The lowest BCUT2D eigenvalue weighted by Gasteiger charge is -2.20. The van der Waals surface area contributed by atoms with Crippen molar-refractivity contribution in [2.75, 3.05) is 10.6 Å². The van der Waals surface area contributed by atoms with Crippen LogP contribution in [0.25, 0.3) is 0 Å². The summed E-state index contributed by atoms with van der Waals surface area (Å²) >= 11 is 2.93. The van der Waals surface area contributed by atoms with Crippen LogP contribution in [0, 0.1) is 5.82 Å². The fourth-order valence-electron chi connectivity index (χ4n) is 1.30. The topological polar surface area (TPSA) is 87.7 Å². The number of ether oxygens (including phenoxy) is 1. The molecule has 0 spiro atoms. The van der Waals surface area contributed by atoms with Crippen LogP contribution >= 0.6 is 15.9 Å². The zero-order valence-electron chi connectivity index (χ0n) is 11.1. The lowest BCUT2D eigenvalue weighted by Crippen LogP contribution is -2.27. The highest BCUT2D eigenvalue weighted by molar-refractivity contribution is 9.10. The number of halogens is 2. The van der Waals surface area contributed by atoms with Gasteiger partial charge in [0.1, 0.15) is 11.3 Å². The van der Waals surface area contributed by atoms with Gasteiger partial charge in [0.2, 0.25) is 0 Å². The summed E-state index contributed by atoms with van der Waals surface area (Å²) in [5.41, 5.74) is -1.13. The van der Waals surface area contributed by atoms with Gasteiger partial charge in [0.25, 0.3) is 0 Å². The van der Waals surface area contributed by atoms with Crippen molar-refractivity contribution in [2.24, 2.45) is 0 Å². The highest BCUT2D eigenvalue weighted by Crippen LogP contribution is 2.31. The van der Waals surface area contributed by atoms with Crippen LogP contribution in [-0.2, 0) is 4.74 Å². The van der Waals surface area contributed by atoms with Gasteiger partial charge in [-0.2, -0.15) is 0 Å². The molecule has 1 aromatic rings. The Morgan fingerprint density at radius 1 is 1.30 bits per heavy atom. The zero-order chi connectivity index (χ0) is 15.5. The molecule has 110 valence electrons. The second kappa shape index (κ2) is 6.08. The van der Waals surface area contributed by atoms with E-state index in [-0.39, 0.29) is 15.8 Å². The van der Waals surface area contributed by atoms with E-state index in [4.69, 9.17) is 9.84 Å². The third-order valence-corrected chi connectivity index (χ3v) is 2.57. The van der Waals surface area contributed by atoms with Crippen LogP contribution in [0.2, 0.25) is 0 Å². The molecule has 0 aliphatic rings. The third-order valence-electron chi connectivity index (χ3n) is 1.96.